The molecule has 0 amide bonds. The molecular formula is C14H25N5OS. The number of anilines is 2. The minimum Gasteiger partial charge on any atom is -0.463 e. The predicted molar refractivity (Wildman–Crippen MR) is 88.3 cm³/mol. The van der Waals surface area contributed by atoms with Crippen molar-refractivity contribution in [2.24, 2.45) is 0 Å². The van der Waals surface area contributed by atoms with E-state index >= 15 is 0 Å². The summed E-state index contributed by atoms with van der Waals surface area (Å²) in [7, 11) is 1.80. The van der Waals surface area contributed by atoms with Crippen LogP contribution in [0.15, 0.2) is 0 Å². The van der Waals surface area contributed by atoms with Gasteiger partial charge in [0, 0.05) is 18.3 Å². The van der Waals surface area contributed by atoms with Crippen molar-refractivity contribution in [3.63, 3.8) is 0 Å². The van der Waals surface area contributed by atoms with Gasteiger partial charge >= 0.3 is 6.01 Å². The van der Waals surface area contributed by atoms with Crippen molar-refractivity contribution in [3.05, 3.63) is 0 Å². The molecule has 2 rings (SSSR count). The van der Waals surface area contributed by atoms with Gasteiger partial charge in [-0.05, 0) is 31.9 Å². The van der Waals surface area contributed by atoms with Crippen LogP contribution in [0.5, 0.6) is 6.01 Å². The van der Waals surface area contributed by atoms with Crippen LogP contribution < -0.4 is 15.4 Å². The molecule has 0 saturated heterocycles. The molecule has 1 heterocycles. The molecule has 21 heavy (non-hydrogen) atoms. The maximum atomic E-state index is 5.52. The lowest BCUT2D eigenvalue weighted by atomic mass is 9.95. The van der Waals surface area contributed by atoms with Gasteiger partial charge in [-0.15, -0.1) is 0 Å². The smallest absolute Gasteiger partial charge is 0.323 e. The molecule has 2 atom stereocenters. The van der Waals surface area contributed by atoms with Gasteiger partial charge in [-0.25, -0.2) is 0 Å². The molecule has 6 nitrogen and oxygen atoms in total. The van der Waals surface area contributed by atoms with E-state index in [1.807, 2.05) is 11.8 Å². The minimum atomic E-state index is 0.385. The molecule has 118 valence electrons. The third-order valence-electron chi connectivity index (χ3n) is 3.57. The Morgan fingerprint density at radius 2 is 2.05 bits per heavy atom. The lowest BCUT2D eigenvalue weighted by molar-refractivity contribution is 0.292. The van der Waals surface area contributed by atoms with E-state index in [4.69, 9.17) is 4.74 Å². The summed E-state index contributed by atoms with van der Waals surface area (Å²) >= 11 is 1.95. The second-order valence-corrected chi connectivity index (χ2v) is 6.37. The third-order valence-corrected chi connectivity index (χ3v) is 4.66. The highest BCUT2D eigenvalue weighted by atomic mass is 32.2. The van der Waals surface area contributed by atoms with Gasteiger partial charge in [-0.2, -0.15) is 26.7 Å². The molecule has 1 fully saturated rings. The van der Waals surface area contributed by atoms with Crippen LogP contribution in [0.1, 0.15) is 39.0 Å². The number of hydrogen-bond donors (Lipinski definition) is 2. The van der Waals surface area contributed by atoms with Crippen molar-refractivity contribution >= 4 is 23.7 Å². The lowest BCUT2D eigenvalue weighted by Gasteiger charge is -2.28. The van der Waals surface area contributed by atoms with Crippen molar-refractivity contribution in [1.29, 1.82) is 0 Å². The SMILES string of the molecule is CCCOc1nc(NC)nc(NC2CCCC(SC)C2)n1. The van der Waals surface area contributed by atoms with Crippen LogP contribution in [0, 0.1) is 0 Å². The second-order valence-electron chi connectivity index (χ2n) is 5.23. The number of nitrogens with zero attached hydrogens (tertiary/aromatic N) is 3. The number of hydrogen-bond acceptors (Lipinski definition) is 7. The van der Waals surface area contributed by atoms with Gasteiger partial charge in [-0.3, -0.25) is 0 Å². The Balaban J connectivity index is 2.03. The summed E-state index contributed by atoms with van der Waals surface area (Å²) in [5, 5.41) is 7.13. The topological polar surface area (TPSA) is 72.0 Å². The number of thioether (sulfide) groups is 1. The monoisotopic (exact) mass is 311 g/mol. The number of rotatable bonds is 7. The number of ether oxygens (including phenoxy) is 1. The van der Waals surface area contributed by atoms with Crippen molar-refractivity contribution in [1.82, 2.24) is 15.0 Å². The van der Waals surface area contributed by atoms with E-state index in [0.29, 0.717) is 30.6 Å². The van der Waals surface area contributed by atoms with E-state index in [-0.39, 0.29) is 0 Å². The maximum Gasteiger partial charge on any atom is 0.323 e. The average Bonchev–Trinajstić information content (AvgIpc) is 2.52. The molecule has 0 aliphatic heterocycles. The number of nitrogens with one attached hydrogen (secondary N) is 2. The Labute approximate surface area is 130 Å². The standard InChI is InChI=1S/C14H25N5OS/c1-4-8-20-14-18-12(15-2)17-13(19-14)16-10-6-5-7-11(9-10)21-3/h10-11H,4-9H2,1-3H3,(H2,15,16,17,18,19). The second kappa shape index (κ2) is 8.26. The van der Waals surface area contributed by atoms with E-state index in [0.717, 1.165) is 18.1 Å². The highest BCUT2D eigenvalue weighted by molar-refractivity contribution is 7.99. The van der Waals surface area contributed by atoms with Crippen LogP contribution in [0.3, 0.4) is 0 Å². The first kappa shape index (κ1) is 16.1. The molecule has 1 aliphatic rings. The van der Waals surface area contributed by atoms with Crippen LogP contribution in [0.25, 0.3) is 0 Å². The zero-order valence-electron chi connectivity index (χ0n) is 13.1. The zero-order chi connectivity index (χ0) is 15.1. The molecule has 0 spiro atoms. The van der Waals surface area contributed by atoms with Crippen LogP contribution in [-0.2, 0) is 0 Å². The summed E-state index contributed by atoms with van der Waals surface area (Å²) in [5.41, 5.74) is 0. The van der Waals surface area contributed by atoms with E-state index in [1.165, 1.54) is 19.3 Å². The summed E-state index contributed by atoms with van der Waals surface area (Å²) in [4.78, 5) is 12.9. The van der Waals surface area contributed by atoms with Crippen molar-refractivity contribution < 1.29 is 4.74 Å². The average molecular weight is 311 g/mol. The van der Waals surface area contributed by atoms with E-state index in [1.54, 1.807) is 7.05 Å². The van der Waals surface area contributed by atoms with Gasteiger partial charge in [0.15, 0.2) is 0 Å². The summed E-state index contributed by atoms with van der Waals surface area (Å²) in [6.45, 7) is 2.68. The molecule has 0 aromatic carbocycles. The first-order chi connectivity index (χ1) is 10.2. The van der Waals surface area contributed by atoms with Crippen LogP contribution in [0.4, 0.5) is 11.9 Å². The van der Waals surface area contributed by atoms with E-state index < -0.39 is 0 Å². The Morgan fingerprint density at radius 3 is 2.76 bits per heavy atom. The minimum absolute atomic E-state index is 0.385. The molecule has 1 saturated carbocycles. The van der Waals surface area contributed by atoms with Crippen molar-refractivity contribution in [2.75, 3.05) is 30.5 Å². The van der Waals surface area contributed by atoms with E-state index in [9.17, 15) is 0 Å². The van der Waals surface area contributed by atoms with Crippen molar-refractivity contribution in [3.8, 4) is 6.01 Å². The van der Waals surface area contributed by atoms with Gasteiger partial charge in [0.05, 0.1) is 6.61 Å². The van der Waals surface area contributed by atoms with Gasteiger partial charge in [0.1, 0.15) is 0 Å². The number of aromatic nitrogens is 3. The molecule has 1 aromatic heterocycles. The molecule has 0 bridgehead atoms. The third kappa shape index (κ3) is 4.91. The molecule has 2 unspecified atom stereocenters. The molecule has 1 aromatic rings. The molecule has 2 N–H and O–H groups in total. The Morgan fingerprint density at radius 1 is 1.24 bits per heavy atom. The van der Waals surface area contributed by atoms with Crippen LogP contribution >= 0.6 is 11.8 Å². The molecule has 1 aliphatic carbocycles. The summed E-state index contributed by atoms with van der Waals surface area (Å²) < 4.78 is 5.52. The summed E-state index contributed by atoms with van der Waals surface area (Å²) in [6.07, 6.45) is 8.01. The van der Waals surface area contributed by atoms with Crippen LogP contribution in [0.2, 0.25) is 0 Å². The first-order valence-corrected chi connectivity index (χ1v) is 8.90. The van der Waals surface area contributed by atoms with Gasteiger partial charge in [0.2, 0.25) is 11.9 Å². The molecule has 0 radical (unpaired) electrons. The quantitative estimate of drug-likeness (QED) is 0.802. The van der Waals surface area contributed by atoms with Gasteiger partial charge in [0.25, 0.3) is 0 Å². The van der Waals surface area contributed by atoms with Gasteiger partial charge < -0.3 is 15.4 Å². The first-order valence-electron chi connectivity index (χ1n) is 7.61. The predicted octanol–water partition coefficient (Wildman–Crippen LogP) is 2.79. The van der Waals surface area contributed by atoms with E-state index in [2.05, 4.69) is 38.8 Å². The summed E-state index contributed by atoms with van der Waals surface area (Å²) in [5.74, 6) is 1.14. The Bertz CT molecular complexity index is 445. The highest BCUT2D eigenvalue weighted by Crippen LogP contribution is 2.28. The fourth-order valence-corrected chi connectivity index (χ4v) is 3.29. The fraction of sp³-hybridized carbons (Fsp3) is 0.786. The summed E-state index contributed by atoms with van der Waals surface area (Å²) in [6, 6.07) is 0.818. The fourth-order valence-electron chi connectivity index (χ4n) is 2.46. The van der Waals surface area contributed by atoms with Crippen molar-refractivity contribution in [2.45, 2.75) is 50.3 Å². The van der Waals surface area contributed by atoms with Crippen LogP contribution in [-0.4, -0.2) is 46.2 Å². The normalized spacial score (nSPS) is 21.9. The maximum absolute atomic E-state index is 5.52. The molecular weight excluding hydrogens is 286 g/mol. The lowest BCUT2D eigenvalue weighted by Crippen LogP contribution is -2.29. The Hall–Kier alpha value is -1.24. The Kier molecular flexibility index (Phi) is 6.35. The zero-order valence-corrected chi connectivity index (χ0v) is 13.9. The van der Waals surface area contributed by atoms with Gasteiger partial charge in [-0.1, -0.05) is 13.3 Å². The largest absolute Gasteiger partial charge is 0.463 e. The highest BCUT2D eigenvalue weighted by Gasteiger charge is 2.22. The molecule has 7 heteroatoms.